The van der Waals surface area contributed by atoms with Crippen LogP contribution >= 0.6 is 0 Å². The lowest BCUT2D eigenvalue weighted by Gasteiger charge is -2.35. The van der Waals surface area contributed by atoms with Gasteiger partial charge < -0.3 is 14.7 Å². The molecular formula is C24H21NO4. The van der Waals surface area contributed by atoms with Gasteiger partial charge in [-0.2, -0.15) is 0 Å². The van der Waals surface area contributed by atoms with Gasteiger partial charge in [0.15, 0.2) is 5.72 Å². The third-order valence-electron chi connectivity index (χ3n) is 5.10. The Morgan fingerprint density at radius 3 is 2.28 bits per heavy atom. The molecule has 1 heterocycles. The molecule has 1 aliphatic heterocycles. The standard InChI is InChI=1S/C24H21NO4/c1-17(26)29-20-13-11-19(12-14-20)16-25-23(27)21-9-5-6-10-22(21)24(25,28)15-18-7-3-2-4-8-18/h2-14,28H,15-16H2,1H3. The van der Waals surface area contributed by atoms with Gasteiger partial charge in [-0.3, -0.25) is 9.59 Å². The first kappa shape index (κ1) is 18.9. The second kappa shape index (κ2) is 7.53. The fraction of sp³-hybridized carbons (Fsp3) is 0.167. The largest absolute Gasteiger partial charge is 0.427 e. The van der Waals surface area contributed by atoms with Gasteiger partial charge in [0.2, 0.25) is 0 Å². The number of carbonyl (C=O) groups excluding carboxylic acids is 2. The highest BCUT2D eigenvalue weighted by atomic mass is 16.5. The Balaban J connectivity index is 1.67. The molecule has 0 saturated carbocycles. The third kappa shape index (κ3) is 3.65. The van der Waals surface area contributed by atoms with E-state index in [-0.39, 0.29) is 18.4 Å². The lowest BCUT2D eigenvalue weighted by Crippen LogP contribution is -2.45. The van der Waals surface area contributed by atoms with Gasteiger partial charge in [0.1, 0.15) is 5.75 Å². The molecule has 29 heavy (non-hydrogen) atoms. The van der Waals surface area contributed by atoms with E-state index in [1.54, 1.807) is 42.5 Å². The van der Waals surface area contributed by atoms with Crippen LogP contribution in [0.3, 0.4) is 0 Å². The third-order valence-corrected chi connectivity index (χ3v) is 5.10. The van der Waals surface area contributed by atoms with Crippen LogP contribution in [0.1, 0.15) is 34.0 Å². The van der Waals surface area contributed by atoms with E-state index < -0.39 is 5.72 Å². The molecule has 1 N–H and O–H groups in total. The van der Waals surface area contributed by atoms with Crippen LogP contribution in [-0.4, -0.2) is 21.9 Å². The molecule has 4 rings (SSSR count). The molecule has 1 aliphatic rings. The molecule has 146 valence electrons. The van der Waals surface area contributed by atoms with Crippen LogP contribution in [0, 0.1) is 0 Å². The van der Waals surface area contributed by atoms with Gasteiger partial charge >= 0.3 is 5.97 Å². The van der Waals surface area contributed by atoms with Gasteiger partial charge in [0.05, 0.1) is 0 Å². The Labute approximate surface area is 169 Å². The van der Waals surface area contributed by atoms with Crippen LogP contribution in [0.2, 0.25) is 0 Å². The summed E-state index contributed by atoms with van der Waals surface area (Å²) in [5, 5.41) is 11.7. The fourth-order valence-corrected chi connectivity index (χ4v) is 3.76. The number of aliphatic hydroxyl groups is 1. The number of fused-ring (bicyclic) bond motifs is 1. The van der Waals surface area contributed by atoms with Crippen LogP contribution in [-0.2, 0) is 23.5 Å². The molecule has 0 aromatic heterocycles. The van der Waals surface area contributed by atoms with Crippen LogP contribution in [0.15, 0.2) is 78.9 Å². The maximum atomic E-state index is 13.1. The molecule has 1 amide bonds. The SMILES string of the molecule is CC(=O)Oc1ccc(CN2C(=O)c3ccccc3C2(O)Cc2ccccc2)cc1. The number of hydrogen-bond donors (Lipinski definition) is 1. The highest BCUT2D eigenvalue weighted by Crippen LogP contribution is 2.40. The number of nitrogens with zero attached hydrogens (tertiary/aromatic N) is 1. The van der Waals surface area contributed by atoms with Crippen molar-refractivity contribution in [3.8, 4) is 5.75 Å². The molecule has 5 heteroatoms. The van der Waals surface area contributed by atoms with Crippen molar-refractivity contribution in [2.45, 2.75) is 25.6 Å². The predicted molar refractivity (Wildman–Crippen MR) is 108 cm³/mol. The average molecular weight is 387 g/mol. The minimum Gasteiger partial charge on any atom is -0.427 e. The summed E-state index contributed by atoms with van der Waals surface area (Å²) in [6, 6.07) is 23.8. The quantitative estimate of drug-likeness (QED) is 0.536. The van der Waals surface area contributed by atoms with Gasteiger partial charge in [-0.05, 0) is 29.3 Å². The maximum Gasteiger partial charge on any atom is 0.308 e. The molecule has 1 unspecified atom stereocenters. The molecule has 0 spiro atoms. The number of esters is 1. The molecule has 3 aromatic carbocycles. The summed E-state index contributed by atoms with van der Waals surface area (Å²) in [6.45, 7) is 1.58. The molecular weight excluding hydrogens is 366 g/mol. The summed E-state index contributed by atoms with van der Waals surface area (Å²) in [4.78, 5) is 25.7. The van der Waals surface area contributed by atoms with E-state index in [0.717, 1.165) is 11.1 Å². The zero-order valence-electron chi connectivity index (χ0n) is 16.0. The second-order valence-electron chi connectivity index (χ2n) is 7.15. The Morgan fingerprint density at radius 1 is 0.931 bits per heavy atom. The smallest absolute Gasteiger partial charge is 0.308 e. The fourth-order valence-electron chi connectivity index (χ4n) is 3.76. The first-order valence-corrected chi connectivity index (χ1v) is 9.42. The molecule has 0 bridgehead atoms. The van der Waals surface area contributed by atoms with Gasteiger partial charge in [-0.1, -0.05) is 60.7 Å². The van der Waals surface area contributed by atoms with Gasteiger partial charge in [-0.25, -0.2) is 0 Å². The van der Waals surface area contributed by atoms with Crippen molar-refractivity contribution in [3.05, 3.63) is 101 Å². The summed E-state index contributed by atoms with van der Waals surface area (Å²) in [5.74, 6) is -0.153. The number of benzene rings is 3. The first-order valence-electron chi connectivity index (χ1n) is 9.42. The van der Waals surface area contributed by atoms with E-state index in [4.69, 9.17) is 4.74 Å². The monoisotopic (exact) mass is 387 g/mol. The number of hydrogen-bond acceptors (Lipinski definition) is 4. The number of ether oxygens (including phenoxy) is 1. The van der Waals surface area contributed by atoms with Crippen molar-refractivity contribution < 1.29 is 19.4 Å². The Morgan fingerprint density at radius 2 is 1.59 bits per heavy atom. The molecule has 0 radical (unpaired) electrons. The highest BCUT2D eigenvalue weighted by Gasteiger charge is 2.48. The highest BCUT2D eigenvalue weighted by molar-refractivity contribution is 5.99. The molecule has 0 fully saturated rings. The van der Waals surface area contributed by atoms with Crippen LogP contribution in [0.4, 0.5) is 0 Å². The molecule has 0 aliphatic carbocycles. The lowest BCUT2D eigenvalue weighted by atomic mass is 9.94. The van der Waals surface area contributed by atoms with E-state index in [0.29, 0.717) is 23.3 Å². The van der Waals surface area contributed by atoms with Crippen molar-refractivity contribution in [3.63, 3.8) is 0 Å². The second-order valence-corrected chi connectivity index (χ2v) is 7.15. The van der Waals surface area contributed by atoms with E-state index in [2.05, 4.69) is 0 Å². The Bertz CT molecular complexity index is 1050. The summed E-state index contributed by atoms with van der Waals surface area (Å²) in [5.41, 5.74) is 1.46. The van der Waals surface area contributed by atoms with Crippen molar-refractivity contribution in [2.24, 2.45) is 0 Å². The summed E-state index contributed by atoms with van der Waals surface area (Å²) >= 11 is 0. The topological polar surface area (TPSA) is 66.8 Å². The van der Waals surface area contributed by atoms with Crippen molar-refractivity contribution in [2.75, 3.05) is 0 Å². The van der Waals surface area contributed by atoms with Crippen molar-refractivity contribution >= 4 is 11.9 Å². The van der Waals surface area contributed by atoms with Gasteiger partial charge in [-0.15, -0.1) is 0 Å². The predicted octanol–water partition coefficient (Wildman–Crippen LogP) is 3.66. The first-order chi connectivity index (χ1) is 14.0. The normalized spacial score (nSPS) is 17.9. The van der Waals surface area contributed by atoms with Crippen LogP contribution in [0.5, 0.6) is 5.75 Å². The van der Waals surface area contributed by atoms with Gasteiger partial charge in [0, 0.05) is 31.0 Å². The number of amides is 1. The Kier molecular flexibility index (Phi) is 4.91. The minimum absolute atomic E-state index is 0.205. The zero-order chi connectivity index (χ0) is 20.4. The van der Waals surface area contributed by atoms with E-state index >= 15 is 0 Å². The summed E-state index contributed by atoms with van der Waals surface area (Å²) < 4.78 is 5.06. The molecule has 3 aromatic rings. The number of rotatable bonds is 5. The zero-order valence-corrected chi connectivity index (χ0v) is 16.0. The number of carbonyl (C=O) groups is 2. The maximum absolute atomic E-state index is 13.1. The van der Waals surface area contributed by atoms with Gasteiger partial charge in [0.25, 0.3) is 5.91 Å². The lowest BCUT2D eigenvalue weighted by molar-refractivity contribution is -0.131. The van der Waals surface area contributed by atoms with Crippen molar-refractivity contribution in [1.82, 2.24) is 4.90 Å². The summed E-state index contributed by atoms with van der Waals surface area (Å²) in [6.07, 6.45) is 0.294. The molecule has 5 nitrogen and oxygen atoms in total. The molecule has 1 atom stereocenters. The van der Waals surface area contributed by atoms with E-state index in [1.165, 1.54) is 11.8 Å². The van der Waals surface area contributed by atoms with Crippen LogP contribution < -0.4 is 4.74 Å². The average Bonchev–Trinajstić information content (AvgIpc) is 2.92. The van der Waals surface area contributed by atoms with E-state index in [1.807, 2.05) is 36.4 Å². The van der Waals surface area contributed by atoms with Crippen LogP contribution in [0.25, 0.3) is 0 Å². The Hall–Kier alpha value is -3.44. The molecule has 0 saturated heterocycles. The summed E-state index contributed by atoms with van der Waals surface area (Å²) in [7, 11) is 0. The minimum atomic E-state index is -1.44. The van der Waals surface area contributed by atoms with E-state index in [9.17, 15) is 14.7 Å². The van der Waals surface area contributed by atoms with Crippen molar-refractivity contribution in [1.29, 1.82) is 0 Å².